The molecule has 0 saturated carbocycles. The summed E-state index contributed by atoms with van der Waals surface area (Å²) >= 11 is 3.12. The molecular formula is C9H10BrClF3N. The molecule has 1 aromatic rings. The van der Waals surface area contributed by atoms with Crippen molar-refractivity contribution in [2.75, 3.05) is 0 Å². The summed E-state index contributed by atoms with van der Waals surface area (Å²) in [6.45, 7) is 0. The van der Waals surface area contributed by atoms with Crippen LogP contribution in [0.15, 0.2) is 22.7 Å². The maximum atomic E-state index is 13.1. The van der Waals surface area contributed by atoms with Gasteiger partial charge >= 0.3 is 0 Å². The summed E-state index contributed by atoms with van der Waals surface area (Å²) < 4.78 is 37.7. The number of nitrogens with two attached hydrogens (primary N) is 1. The maximum Gasteiger partial charge on any atom is 0.240 e. The van der Waals surface area contributed by atoms with E-state index in [2.05, 4.69) is 15.9 Å². The number of hydrogen-bond acceptors (Lipinski definition) is 1. The Kier molecular flexibility index (Phi) is 6.24. The molecule has 0 spiro atoms. The molecule has 6 heteroatoms. The largest absolute Gasteiger partial charge is 0.324 e. The van der Waals surface area contributed by atoms with Crippen molar-refractivity contribution in [1.29, 1.82) is 0 Å². The van der Waals surface area contributed by atoms with Crippen molar-refractivity contribution in [3.05, 3.63) is 34.1 Å². The van der Waals surface area contributed by atoms with Crippen LogP contribution in [0.1, 0.15) is 18.0 Å². The number of benzene rings is 1. The molecule has 2 N–H and O–H groups in total. The van der Waals surface area contributed by atoms with Crippen LogP contribution in [0.5, 0.6) is 0 Å². The lowest BCUT2D eigenvalue weighted by Gasteiger charge is -2.12. The maximum absolute atomic E-state index is 13.1. The third kappa shape index (κ3) is 4.40. The Morgan fingerprint density at radius 3 is 2.47 bits per heavy atom. The zero-order valence-electron chi connectivity index (χ0n) is 7.59. The van der Waals surface area contributed by atoms with Crippen molar-refractivity contribution < 1.29 is 13.2 Å². The molecule has 0 amide bonds. The minimum atomic E-state index is -2.52. The van der Waals surface area contributed by atoms with Gasteiger partial charge in [-0.05, 0) is 18.2 Å². The third-order valence-electron chi connectivity index (χ3n) is 1.79. The van der Waals surface area contributed by atoms with E-state index in [1.54, 1.807) is 0 Å². The zero-order chi connectivity index (χ0) is 10.7. The van der Waals surface area contributed by atoms with Gasteiger partial charge in [-0.3, -0.25) is 0 Å². The monoisotopic (exact) mass is 303 g/mol. The summed E-state index contributed by atoms with van der Waals surface area (Å²) in [7, 11) is 0. The fourth-order valence-electron chi connectivity index (χ4n) is 1.12. The highest BCUT2D eigenvalue weighted by atomic mass is 79.9. The fourth-order valence-corrected chi connectivity index (χ4v) is 1.50. The number of hydrogen-bond donors (Lipinski definition) is 1. The Morgan fingerprint density at radius 1 is 1.33 bits per heavy atom. The highest BCUT2D eigenvalue weighted by Gasteiger charge is 2.16. The van der Waals surface area contributed by atoms with Crippen molar-refractivity contribution in [3.8, 4) is 0 Å². The van der Waals surface area contributed by atoms with Crippen LogP contribution in [0.4, 0.5) is 13.2 Å². The van der Waals surface area contributed by atoms with Crippen molar-refractivity contribution in [1.82, 2.24) is 0 Å². The summed E-state index contributed by atoms with van der Waals surface area (Å²) in [5, 5.41) is 0. The first-order valence-corrected chi connectivity index (χ1v) is 4.78. The van der Waals surface area contributed by atoms with Crippen LogP contribution >= 0.6 is 28.3 Å². The van der Waals surface area contributed by atoms with E-state index in [0.717, 1.165) is 0 Å². The van der Waals surface area contributed by atoms with Crippen molar-refractivity contribution in [2.45, 2.75) is 18.9 Å². The second kappa shape index (κ2) is 6.35. The van der Waals surface area contributed by atoms with Crippen molar-refractivity contribution in [2.24, 2.45) is 5.73 Å². The smallest absolute Gasteiger partial charge is 0.240 e. The minimum absolute atomic E-state index is 0. The van der Waals surface area contributed by atoms with Gasteiger partial charge in [-0.25, -0.2) is 13.2 Å². The quantitative estimate of drug-likeness (QED) is 0.906. The normalized spacial score (nSPS) is 12.4. The molecule has 0 aliphatic rings. The molecule has 0 bridgehead atoms. The molecule has 0 fully saturated rings. The summed E-state index contributed by atoms with van der Waals surface area (Å²) in [5.74, 6) is -0.554. The molecule has 0 aromatic heterocycles. The molecule has 1 aromatic carbocycles. The number of halogens is 5. The average molecular weight is 305 g/mol. The molecule has 15 heavy (non-hydrogen) atoms. The van der Waals surface area contributed by atoms with Gasteiger partial charge in [0.2, 0.25) is 6.43 Å². The van der Waals surface area contributed by atoms with Crippen LogP contribution in [0, 0.1) is 5.82 Å². The van der Waals surface area contributed by atoms with Gasteiger partial charge in [0.25, 0.3) is 0 Å². The van der Waals surface area contributed by atoms with E-state index in [0.29, 0.717) is 4.47 Å². The third-order valence-corrected chi connectivity index (χ3v) is 2.28. The van der Waals surface area contributed by atoms with E-state index in [9.17, 15) is 13.2 Å². The summed E-state index contributed by atoms with van der Waals surface area (Å²) in [5.41, 5.74) is 5.54. The Bertz CT molecular complexity index is 322. The van der Waals surface area contributed by atoms with Crippen LogP contribution in [0.2, 0.25) is 0 Å². The van der Waals surface area contributed by atoms with Gasteiger partial charge in [0.15, 0.2) is 0 Å². The van der Waals surface area contributed by atoms with E-state index >= 15 is 0 Å². The lowest BCUT2D eigenvalue weighted by atomic mass is 10.0. The molecule has 1 atom stereocenters. The molecule has 0 saturated heterocycles. The Labute approximate surface area is 100 Å². The Balaban J connectivity index is 0.00000196. The van der Waals surface area contributed by atoms with Crippen LogP contribution in [-0.2, 0) is 0 Å². The molecule has 86 valence electrons. The van der Waals surface area contributed by atoms with Gasteiger partial charge in [0.05, 0.1) is 0 Å². The predicted octanol–water partition coefficient (Wildman–Crippen LogP) is 3.67. The van der Waals surface area contributed by atoms with Crippen LogP contribution in [0.25, 0.3) is 0 Å². The fraction of sp³-hybridized carbons (Fsp3) is 0.333. The average Bonchev–Trinajstić information content (AvgIpc) is 2.08. The van der Waals surface area contributed by atoms with Crippen molar-refractivity contribution >= 4 is 28.3 Å². The van der Waals surface area contributed by atoms with E-state index in [4.69, 9.17) is 5.73 Å². The van der Waals surface area contributed by atoms with Gasteiger partial charge < -0.3 is 5.73 Å². The van der Waals surface area contributed by atoms with Crippen LogP contribution in [0.3, 0.4) is 0 Å². The SMILES string of the molecule is Cl.N[C@H](CC(F)F)c1cc(Br)ccc1F. The molecular weight excluding hydrogens is 294 g/mol. The molecule has 1 rings (SSSR count). The van der Waals surface area contributed by atoms with Crippen LogP contribution < -0.4 is 5.73 Å². The van der Waals surface area contributed by atoms with E-state index in [1.165, 1.54) is 18.2 Å². The molecule has 0 aliphatic heterocycles. The second-order valence-corrected chi connectivity index (χ2v) is 3.81. The number of rotatable bonds is 3. The summed E-state index contributed by atoms with van der Waals surface area (Å²) in [4.78, 5) is 0. The Morgan fingerprint density at radius 2 is 1.93 bits per heavy atom. The first-order chi connectivity index (χ1) is 6.50. The molecule has 0 radical (unpaired) electrons. The topological polar surface area (TPSA) is 26.0 Å². The standard InChI is InChI=1S/C9H9BrF3N.ClH/c10-5-1-2-7(11)6(3-5)8(14)4-9(12)13;/h1-3,8-9H,4,14H2;1H/t8-;/m1./s1. The predicted molar refractivity (Wildman–Crippen MR) is 58.9 cm³/mol. The van der Waals surface area contributed by atoms with Gasteiger partial charge in [-0.15, -0.1) is 12.4 Å². The first-order valence-electron chi connectivity index (χ1n) is 3.99. The molecule has 0 aliphatic carbocycles. The van der Waals surface area contributed by atoms with Crippen LogP contribution in [-0.4, -0.2) is 6.43 Å². The van der Waals surface area contributed by atoms with Crippen molar-refractivity contribution in [3.63, 3.8) is 0 Å². The lowest BCUT2D eigenvalue weighted by molar-refractivity contribution is 0.128. The highest BCUT2D eigenvalue weighted by molar-refractivity contribution is 9.10. The van der Waals surface area contributed by atoms with Gasteiger partial charge in [-0.1, -0.05) is 15.9 Å². The molecule has 0 unspecified atom stereocenters. The number of alkyl halides is 2. The van der Waals surface area contributed by atoms with E-state index < -0.39 is 24.7 Å². The molecule has 1 nitrogen and oxygen atoms in total. The zero-order valence-corrected chi connectivity index (χ0v) is 9.99. The van der Waals surface area contributed by atoms with E-state index in [-0.39, 0.29) is 18.0 Å². The lowest BCUT2D eigenvalue weighted by Crippen LogP contribution is -2.15. The Hall–Kier alpha value is -0.260. The van der Waals surface area contributed by atoms with Gasteiger partial charge in [0.1, 0.15) is 5.82 Å². The van der Waals surface area contributed by atoms with E-state index in [1.807, 2.05) is 0 Å². The highest BCUT2D eigenvalue weighted by Crippen LogP contribution is 2.24. The van der Waals surface area contributed by atoms with Gasteiger partial charge in [0, 0.05) is 22.5 Å². The second-order valence-electron chi connectivity index (χ2n) is 2.90. The summed E-state index contributed by atoms with van der Waals surface area (Å²) in [6.07, 6.45) is -3.06. The minimum Gasteiger partial charge on any atom is -0.324 e. The van der Waals surface area contributed by atoms with Gasteiger partial charge in [-0.2, -0.15) is 0 Å². The first kappa shape index (κ1) is 14.7. The summed E-state index contributed by atoms with van der Waals surface area (Å²) in [6, 6.07) is 3.15. The molecule has 0 heterocycles.